The molecule has 0 saturated heterocycles. The van der Waals surface area contributed by atoms with Gasteiger partial charge in [0.25, 0.3) is 0 Å². The maximum absolute atomic E-state index is 5.69. The number of nitrogen functional groups attached to an aromatic ring is 2. The second-order valence-corrected chi connectivity index (χ2v) is 2.98. The molecule has 4 nitrogen and oxygen atoms in total. The van der Waals surface area contributed by atoms with Crippen molar-refractivity contribution in [3.63, 3.8) is 0 Å². The number of aromatic nitrogens is 2. The minimum Gasteiger partial charge on any atom is -0.368 e. The van der Waals surface area contributed by atoms with Gasteiger partial charge in [-0.25, -0.2) is 9.66 Å². The summed E-state index contributed by atoms with van der Waals surface area (Å²) >= 11 is 0. The van der Waals surface area contributed by atoms with Crippen LogP contribution in [0, 0.1) is 0 Å². The number of imidazole rings is 1. The van der Waals surface area contributed by atoms with E-state index >= 15 is 0 Å². The lowest BCUT2D eigenvalue weighted by molar-refractivity contribution is 1.06. The zero-order valence-electron chi connectivity index (χ0n) is 7.49. The van der Waals surface area contributed by atoms with Crippen molar-refractivity contribution in [3.05, 3.63) is 23.8 Å². The SMILES string of the molecule is CCc1cccc2c1nc(N)n2N. The summed E-state index contributed by atoms with van der Waals surface area (Å²) in [6.07, 6.45) is 0.938. The monoisotopic (exact) mass is 176 g/mol. The van der Waals surface area contributed by atoms with Crippen molar-refractivity contribution in [2.45, 2.75) is 13.3 Å². The first-order chi connectivity index (χ1) is 6.24. The largest absolute Gasteiger partial charge is 0.368 e. The quantitative estimate of drug-likeness (QED) is 0.634. The Bertz CT molecular complexity index is 444. The maximum Gasteiger partial charge on any atom is 0.220 e. The first-order valence-corrected chi connectivity index (χ1v) is 4.25. The number of hydrogen-bond acceptors (Lipinski definition) is 3. The van der Waals surface area contributed by atoms with Crippen LogP contribution in [-0.2, 0) is 6.42 Å². The highest BCUT2D eigenvalue weighted by molar-refractivity contribution is 5.81. The molecule has 13 heavy (non-hydrogen) atoms. The van der Waals surface area contributed by atoms with Crippen molar-refractivity contribution in [2.24, 2.45) is 0 Å². The van der Waals surface area contributed by atoms with Crippen LogP contribution in [0.2, 0.25) is 0 Å². The Labute approximate surface area is 76.1 Å². The maximum atomic E-state index is 5.69. The lowest BCUT2D eigenvalue weighted by Gasteiger charge is -1.98. The minimum absolute atomic E-state index is 0.357. The van der Waals surface area contributed by atoms with Crippen molar-refractivity contribution < 1.29 is 0 Å². The van der Waals surface area contributed by atoms with E-state index in [1.54, 1.807) is 0 Å². The molecule has 0 unspecified atom stereocenters. The van der Waals surface area contributed by atoms with Crippen LogP contribution in [0.4, 0.5) is 5.95 Å². The number of anilines is 1. The Morgan fingerprint density at radius 2 is 2.23 bits per heavy atom. The van der Waals surface area contributed by atoms with Crippen molar-refractivity contribution in [1.29, 1.82) is 0 Å². The van der Waals surface area contributed by atoms with E-state index in [-0.39, 0.29) is 0 Å². The third kappa shape index (κ3) is 1.02. The first-order valence-electron chi connectivity index (χ1n) is 4.25. The predicted octanol–water partition coefficient (Wildman–Crippen LogP) is 0.895. The molecule has 0 bridgehead atoms. The van der Waals surface area contributed by atoms with E-state index in [1.807, 2.05) is 18.2 Å². The molecule has 0 amide bonds. The van der Waals surface area contributed by atoms with E-state index in [0.717, 1.165) is 17.5 Å². The topological polar surface area (TPSA) is 69.9 Å². The van der Waals surface area contributed by atoms with Crippen LogP contribution in [0.3, 0.4) is 0 Å². The lowest BCUT2D eigenvalue weighted by atomic mass is 10.1. The summed E-state index contributed by atoms with van der Waals surface area (Å²) in [5.41, 5.74) is 8.57. The number of hydrogen-bond donors (Lipinski definition) is 2. The summed E-state index contributed by atoms with van der Waals surface area (Å²) < 4.78 is 1.41. The van der Waals surface area contributed by atoms with E-state index in [2.05, 4.69) is 11.9 Å². The molecule has 2 aromatic rings. The molecule has 1 heterocycles. The van der Waals surface area contributed by atoms with Gasteiger partial charge in [-0.2, -0.15) is 0 Å². The molecular weight excluding hydrogens is 164 g/mol. The highest BCUT2D eigenvalue weighted by Gasteiger charge is 2.07. The van der Waals surface area contributed by atoms with Crippen LogP contribution < -0.4 is 11.6 Å². The Balaban J connectivity index is 2.84. The van der Waals surface area contributed by atoms with Crippen LogP contribution in [0.1, 0.15) is 12.5 Å². The standard InChI is InChI=1S/C9H12N4/c1-2-6-4-3-5-7-8(6)12-9(10)13(7)11/h3-5H,2,11H2,1H3,(H2,10,12). The zero-order valence-corrected chi connectivity index (χ0v) is 7.49. The molecule has 0 fully saturated rings. The number of nitrogens with zero attached hydrogens (tertiary/aromatic N) is 2. The average molecular weight is 176 g/mol. The Hall–Kier alpha value is -1.71. The van der Waals surface area contributed by atoms with E-state index in [0.29, 0.717) is 5.95 Å². The third-order valence-corrected chi connectivity index (χ3v) is 2.21. The second kappa shape index (κ2) is 2.65. The summed E-state index contributed by atoms with van der Waals surface area (Å²) in [5.74, 6) is 6.05. The number of fused-ring (bicyclic) bond motifs is 1. The number of aryl methyl sites for hydroxylation is 1. The summed E-state index contributed by atoms with van der Waals surface area (Å²) in [7, 11) is 0. The normalized spacial score (nSPS) is 10.8. The predicted molar refractivity (Wildman–Crippen MR) is 53.7 cm³/mol. The summed E-state index contributed by atoms with van der Waals surface area (Å²) in [4.78, 5) is 4.20. The van der Waals surface area contributed by atoms with Gasteiger partial charge in [0.2, 0.25) is 5.95 Å². The molecule has 0 aliphatic rings. The van der Waals surface area contributed by atoms with E-state index < -0.39 is 0 Å². The fourth-order valence-corrected chi connectivity index (χ4v) is 1.48. The molecule has 2 rings (SSSR count). The van der Waals surface area contributed by atoms with Crippen LogP contribution in [0.15, 0.2) is 18.2 Å². The van der Waals surface area contributed by atoms with Gasteiger partial charge in [-0.15, -0.1) is 0 Å². The Kier molecular flexibility index (Phi) is 1.62. The van der Waals surface area contributed by atoms with Crippen molar-refractivity contribution in [3.8, 4) is 0 Å². The molecule has 0 radical (unpaired) electrons. The highest BCUT2D eigenvalue weighted by atomic mass is 15.4. The molecule has 1 aromatic carbocycles. The van der Waals surface area contributed by atoms with Gasteiger partial charge in [0.1, 0.15) is 0 Å². The second-order valence-electron chi connectivity index (χ2n) is 2.98. The first kappa shape index (κ1) is 7.91. The molecule has 68 valence electrons. The molecule has 4 N–H and O–H groups in total. The van der Waals surface area contributed by atoms with Gasteiger partial charge in [0, 0.05) is 0 Å². The van der Waals surface area contributed by atoms with Crippen LogP contribution in [-0.4, -0.2) is 9.66 Å². The van der Waals surface area contributed by atoms with Crippen molar-refractivity contribution >= 4 is 17.0 Å². The molecule has 1 aromatic heterocycles. The number of benzene rings is 1. The molecule has 0 aliphatic heterocycles. The summed E-state index contributed by atoms with van der Waals surface area (Å²) in [5, 5.41) is 0. The molecular formula is C9H12N4. The van der Waals surface area contributed by atoms with Gasteiger partial charge in [0.15, 0.2) is 0 Å². The van der Waals surface area contributed by atoms with E-state index in [4.69, 9.17) is 11.6 Å². The van der Waals surface area contributed by atoms with Crippen LogP contribution in [0.25, 0.3) is 11.0 Å². The lowest BCUT2D eigenvalue weighted by Crippen LogP contribution is -2.11. The summed E-state index contributed by atoms with van der Waals surface area (Å²) in [6.45, 7) is 2.08. The van der Waals surface area contributed by atoms with Gasteiger partial charge in [-0.05, 0) is 18.1 Å². The van der Waals surface area contributed by atoms with Gasteiger partial charge in [-0.1, -0.05) is 19.1 Å². The van der Waals surface area contributed by atoms with Crippen molar-refractivity contribution in [2.75, 3.05) is 11.6 Å². The average Bonchev–Trinajstić information content (AvgIpc) is 2.43. The Morgan fingerprint density at radius 3 is 2.92 bits per heavy atom. The fourth-order valence-electron chi connectivity index (χ4n) is 1.48. The highest BCUT2D eigenvalue weighted by Crippen LogP contribution is 2.19. The molecule has 0 spiro atoms. The van der Waals surface area contributed by atoms with Crippen LogP contribution in [0.5, 0.6) is 0 Å². The van der Waals surface area contributed by atoms with Crippen molar-refractivity contribution in [1.82, 2.24) is 9.66 Å². The molecule has 4 heteroatoms. The fraction of sp³-hybridized carbons (Fsp3) is 0.222. The smallest absolute Gasteiger partial charge is 0.220 e. The van der Waals surface area contributed by atoms with Gasteiger partial charge >= 0.3 is 0 Å². The van der Waals surface area contributed by atoms with Gasteiger partial charge in [0.05, 0.1) is 11.0 Å². The minimum atomic E-state index is 0.357. The Morgan fingerprint density at radius 1 is 1.46 bits per heavy atom. The number of para-hydroxylation sites is 1. The third-order valence-electron chi connectivity index (χ3n) is 2.21. The summed E-state index contributed by atoms with van der Waals surface area (Å²) in [6, 6.07) is 5.91. The van der Waals surface area contributed by atoms with Crippen LogP contribution >= 0.6 is 0 Å². The molecule has 0 atom stereocenters. The number of nitrogens with two attached hydrogens (primary N) is 2. The van der Waals surface area contributed by atoms with Gasteiger partial charge < -0.3 is 11.6 Å². The van der Waals surface area contributed by atoms with E-state index in [9.17, 15) is 0 Å². The van der Waals surface area contributed by atoms with Gasteiger partial charge in [-0.3, -0.25) is 0 Å². The number of rotatable bonds is 1. The molecule has 0 aliphatic carbocycles. The molecule has 0 saturated carbocycles. The van der Waals surface area contributed by atoms with E-state index in [1.165, 1.54) is 10.2 Å². The zero-order chi connectivity index (χ0) is 9.42.